The maximum Gasteiger partial charge on any atom is 0.307 e. The van der Waals surface area contributed by atoms with Gasteiger partial charge in [-0.3, -0.25) is 9.59 Å². The summed E-state index contributed by atoms with van der Waals surface area (Å²) in [7, 11) is 0. The van der Waals surface area contributed by atoms with Gasteiger partial charge in [-0.05, 0) is 19.1 Å². The molecule has 1 amide bonds. The van der Waals surface area contributed by atoms with E-state index in [1.807, 2.05) is 31.2 Å². The molecule has 27 heavy (non-hydrogen) atoms. The summed E-state index contributed by atoms with van der Waals surface area (Å²) in [6.07, 6.45) is -0.922. The van der Waals surface area contributed by atoms with Gasteiger partial charge in [0.15, 0.2) is 0 Å². The van der Waals surface area contributed by atoms with E-state index in [0.717, 1.165) is 11.1 Å². The van der Waals surface area contributed by atoms with E-state index < -0.39 is 18.0 Å². The van der Waals surface area contributed by atoms with Gasteiger partial charge in [-0.2, -0.15) is 0 Å². The first-order chi connectivity index (χ1) is 13.0. The predicted octanol–water partition coefficient (Wildman–Crippen LogP) is 2.75. The highest BCUT2D eigenvalue weighted by Crippen LogP contribution is 2.20. The van der Waals surface area contributed by atoms with Crippen molar-refractivity contribution < 1.29 is 18.7 Å². The molecule has 138 valence electrons. The summed E-state index contributed by atoms with van der Waals surface area (Å²) in [4.78, 5) is 23.7. The van der Waals surface area contributed by atoms with E-state index in [1.54, 1.807) is 30.3 Å². The van der Waals surface area contributed by atoms with Crippen molar-refractivity contribution in [2.75, 3.05) is 0 Å². The monoisotopic (exact) mass is 365 g/mol. The molecule has 0 spiro atoms. The molecule has 0 radical (unpaired) electrons. The summed E-state index contributed by atoms with van der Waals surface area (Å²) in [6.45, 7) is 1.99. The van der Waals surface area contributed by atoms with E-state index >= 15 is 0 Å². The topological polar surface area (TPSA) is 108 Å². The lowest BCUT2D eigenvalue weighted by Crippen LogP contribution is -2.26. The Morgan fingerprint density at radius 3 is 2.44 bits per heavy atom. The van der Waals surface area contributed by atoms with Crippen molar-refractivity contribution in [2.24, 2.45) is 5.73 Å². The van der Waals surface area contributed by atoms with Gasteiger partial charge in [0.1, 0.15) is 0 Å². The number of benzene rings is 2. The van der Waals surface area contributed by atoms with Crippen LogP contribution in [0.2, 0.25) is 0 Å². The Kier molecular flexibility index (Phi) is 5.61. The van der Waals surface area contributed by atoms with Gasteiger partial charge in [0.05, 0.1) is 6.42 Å². The lowest BCUT2D eigenvalue weighted by molar-refractivity contribution is -0.155. The van der Waals surface area contributed by atoms with Gasteiger partial charge in [-0.15, -0.1) is 10.2 Å². The predicted molar refractivity (Wildman–Crippen MR) is 97.3 cm³/mol. The fourth-order valence-corrected chi connectivity index (χ4v) is 2.49. The molecule has 0 saturated carbocycles. The molecule has 1 heterocycles. The minimum Gasteiger partial charge on any atom is -0.447 e. The van der Waals surface area contributed by atoms with E-state index in [2.05, 4.69) is 10.2 Å². The number of aromatic nitrogens is 2. The van der Waals surface area contributed by atoms with Crippen LogP contribution in [-0.2, 0) is 20.7 Å². The molecule has 0 saturated heterocycles. The van der Waals surface area contributed by atoms with E-state index in [1.165, 1.54) is 0 Å². The molecule has 0 unspecified atom stereocenters. The Morgan fingerprint density at radius 1 is 1.07 bits per heavy atom. The Labute approximate surface area is 156 Å². The van der Waals surface area contributed by atoms with Gasteiger partial charge in [0, 0.05) is 17.5 Å². The summed E-state index contributed by atoms with van der Waals surface area (Å²) >= 11 is 0. The highest BCUT2D eigenvalue weighted by molar-refractivity contribution is 5.83. The third-order valence-corrected chi connectivity index (χ3v) is 3.92. The SMILES string of the molecule is Cc1ccc(-c2nnc(CCC(=O)O[C@@H](C(N)=O)c3ccccc3)o2)cc1. The fourth-order valence-electron chi connectivity index (χ4n) is 2.49. The fraction of sp³-hybridized carbons (Fsp3) is 0.200. The van der Waals surface area contributed by atoms with Crippen molar-refractivity contribution in [2.45, 2.75) is 25.9 Å². The Balaban J connectivity index is 1.59. The number of nitrogens with two attached hydrogens (primary N) is 1. The molecule has 7 nitrogen and oxygen atoms in total. The maximum atomic E-state index is 12.1. The second-order valence-corrected chi connectivity index (χ2v) is 6.05. The van der Waals surface area contributed by atoms with Crippen LogP contribution in [0.3, 0.4) is 0 Å². The quantitative estimate of drug-likeness (QED) is 0.645. The number of rotatable bonds is 7. The smallest absolute Gasteiger partial charge is 0.307 e. The molecule has 0 aliphatic heterocycles. The van der Waals surface area contributed by atoms with Gasteiger partial charge in [-0.1, -0.05) is 48.0 Å². The average Bonchev–Trinajstić information content (AvgIpc) is 3.14. The first-order valence-electron chi connectivity index (χ1n) is 8.46. The number of esters is 1. The van der Waals surface area contributed by atoms with Crippen molar-refractivity contribution in [3.63, 3.8) is 0 Å². The summed E-state index contributed by atoms with van der Waals surface area (Å²) in [5.74, 6) is -0.595. The van der Waals surface area contributed by atoms with Crippen LogP contribution in [0.4, 0.5) is 0 Å². The number of carbonyl (C=O) groups excluding carboxylic acids is 2. The number of aryl methyl sites for hydroxylation is 2. The van der Waals surface area contributed by atoms with Gasteiger partial charge >= 0.3 is 5.97 Å². The van der Waals surface area contributed by atoms with Gasteiger partial charge in [0.2, 0.25) is 17.9 Å². The first kappa shape index (κ1) is 18.3. The standard InChI is InChI=1S/C20H19N3O4/c1-13-7-9-15(10-8-13)20-23-22-16(26-20)11-12-17(24)27-18(19(21)25)14-5-3-2-4-6-14/h2-10,18H,11-12H2,1H3,(H2,21,25)/t18-/m1/s1. The molecule has 2 aromatic carbocycles. The molecular weight excluding hydrogens is 346 g/mol. The van der Waals surface area contributed by atoms with Crippen LogP contribution in [0.25, 0.3) is 11.5 Å². The molecule has 0 aliphatic carbocycles. The number of primary amides is 1. The molecule has 1 aromatic heterocycles. The molecule has 1 atom stereocenters. The van der Waals surface area contributed by atoms with Crippen LogP contribution < -0.4 is 5.73 Å². The summed E-state index contributed by atoms with van der Waals surface area (Å²) in [6, 6.07) is 16.3. The number of hydrogen-bond acceptors (Lipinski definition) is 6. The second kappa shape index (κ2) is 8.27. The Bertz CT molecular complexity index is 920. The zero-order valence-electron chi connectivity index (χ0n) is 14.8. The molecule has 3 rings (SSSR count). The van der Waals surface area contributed by atoms with E-state index in [0.29, 0.717) is 17.3 Å². The number of nitrogens with zero attached hydrogens (tertiary/aromatic N) is 2. The van der Waals surface area contributed by atoms with Crippen molar-refractivity contribution in [1.29, 1.82) is 0 Å². The van der Waals surface area contributed by atoms with Crippen LogP contribution >= 0.6 is 0 Å². The third-order valence-electron chi connectivity index (χ3n) is 3.92. The molecule has 7 heteroatoms. The lowest BCUT2D eigenvalue weighted by atomic mass is 10.1. The van der Waals surface area contributed by atoms with Gasteiger partial charge in [0.25, 0.3) is 5.91 Å². The molecular formula is C20H19N3O4. The number of amides is 1. The Morgan fingerprint density at radius 2 is 1.78 bits per heavy atom. The van der Waals surface area contributed by atoms with Crippen LogP contribution in [0.5, 0.6) is 0 Å². The molecule has 0 bridgehead atoms. The summed E-state index contributed by atoms with van der Waals surface area (Å²) in [5.41, 5.74) is 7.81. The van der Waals surface area contributed by atoms with Crippen molar-refractivity contribution in [3.8, 4) is 11.5 Å². The van der Waals surface area contributed by atoms with Gasteiger partial charge in [-0.25, -0.2) is 0 Å². The van der Waals surface area contributed by atoms with Crippen LogP contribution in [0, 0.1) is 6.92 Å². The molecule has 2 N–H and O–H groups in total. The molecule has 0 fully saturated rings. The Hall–Kier alpha value is -3.48. The lowest BCUT2D eigenvalue weighted by Gasteiger charge is -2.14. The maximum absolute atomic E-state index is 12.1. The zero-order chi connectivity index (χ0) is 19.2. The normalized spacial score (nSPS) is 11.7. The number of hydrogen-bond donors (Lipinski definition) is 1. The molecule has 0 aliphatic rings. The molecule has 3 aromatic rings. The summed E-state index contributed by atoms with van der Waals surface area (Å²) < 4.78 is 10.8. The second-order valence-electron chi connectivity index (χ2n) is 6.05. The van der Waals surface area contributed by atoms with Crippen molar-refractivity contribution in [3.05, 3.63) is 71.6 Å². The van der Waals surface area contributed by atoms with E-state index in [9.17, 15) is 9.59 Å². The number of ether oxygens (including phenoxy) is 1. The van der Waals surface area contributed by atoms with Crippen LogP contribution in [-0.4, -0.2) is 22.1 Å². The first-order valence-corrected chi connectivity index (χ1v) is 8.46. The summed E-state index contributed by atoms with van der Waals surface area (Å²) in [5, 5.41) is 7.93. The van der Waals surface area contributed by atoms with Crippen LogP contribution in [0.15, 0.2) is 59.0 Å². The van der Waals surface area contributed by atoms with E-state index in [4.69, 9.17) is 14.9 Å². The third kappa shape index (κ3) is 4.78. The largest absolute Gasteiger partial charge is 0.447 e. The zero-order valence-corrected chi connectivity index (χ0v) is 14.8. The van der Waals surface area contributed by atoms with Crippen LogP contribution in [0.1, 0.15) is 29.5 Å². The van der Waals surface area contributed by atoms with Crippen molar-refractivity contribution in [1.82, 2.24) is 10.2 Å². The number of carbonyl (C=O) groups is 2. The van der Waals surface area contributed by atoms with Gasteiger partial charge < -0.3 is 14.9 Å². The highest BCUT2D eigenvalue weighted by Gasteiger charge is 2.22. The van der Waals surface area contributed by atoms with Crippen molar-refractivity contribution >= 4 is 11.9 Å². The minimum absolute atomic E-state index is 0.00779. The van der Waals surface area contributed by atoms with E-state index in [-0.39, 0.29) is 12.8 Å². The minimum atomic E-state index is -1.12. The highest BCUT2D eigenvalue weighted by atomic mass is 16.5. The average molecular weight is 365 g/mol.